The Morgan fingerprint density at radius 1 is 1.00 bits per heavy atom. The molecule has 4 aliphatic rings. The lowest BCUT2D eigenvalue weighted by molar-refractivity contribution is -0.169. The fourth-order valence-electron chi connectivity index (χ4n) is 8.26. The fraction of sp³-hybridized carbons (Fsp3) is 0.727. The minimum atomic E-state index is -1.45. The molecule has 1 saturated heterocycles. The van der Waals surface area contributed by atoms with Crippen molar-refractivity contribution < 1.29 is 34.4 Å². The van der Waals surface area contributed by atoms with Crippen LogP contribution in [0.2, 0.25) is 0 Å². The number of phenolic OH excluding ortho intramolecular Hbond substituents is 2. The van der Waals surface area contributed by atoms with Crippen LogP contribution in [0.15, 0.2) is 18.2 Å². The van der Waals surface area contributed by atoms with E-state index < -0.39 is 24.1 Å². The van der Waals surface area contributed by atoms with Crippen LogP contribution < -0.4 is 5.32 Å². The van der Waals surface area contributed by atoms with Gasteiger partial charge in [-0.15, -0.1) is 0 Å². The Kier molecular flexibility index (Phi) is 8.80. The zero-order valence-electron chi connectivity index (χ0n) is 25.3. The molecule has 4 N–H and O–H groups in total. The lowest BCUT2D eigenvalue weighted by atomic mass is 9.70. The van der Waals surface area contributed by atoms with E-state index in [1.807, 2.05) is 0 Å². The zero-order valence-corrected chi connectivity index (χ0v) is 25.3. The minimum absolute atomic E-state index is 0.0696. The first-order valence-corrected chi connectivity index (χ1v) is 15.9. The normalized spacial score (nSPS) is 30.5. The highest BCUT2D eigenvalue weighted by Gasteiger charge is 2.63. The lowest BCUT2D eigenvalue weighted by Crippen LogP contribution is -2.59. The van der Waals surface area contributed by atoms with E-state index in [0.717, 1.165) is 64.2 Å². The predicted octanol–water partition coefficient (Wildman–Crippen LogP) is 4.21. The summed E-state index contributed by atoms with van der Waals surface area (Å²) in [5.74, 6) is -1.43. The summed E-state index contributed by atoms with van der Waals surface area (Å²) < 4.78 is 6.23. The second-order valence-corrected chi connectivity index (χ2v) is 14.0. The number of fused-ring (bicyclic) bond motifs is 2. The number of nitrogens with zero attached hydrogens (tertiary/aromatic N) is 1. The lowest BCUT2D eigenvalue weighted by Gasteiger charge is -2.42. The number of benzene rings is 1. The number of hydrogen-bond acceptors (Lipinski definition) is 7. The van der Waals surface area contributed by atoms with Crippen molar-refractivity contribution in [1.29, 1.82) is 0 Å². The van der Waals surface area contributed by atoms with Gasteiger partial charge >= 0.3 is 5.97 Å². The smallest absolute Gasteiger partial charge is 0.329 e. The number of hydrogen-bond donors (Lipinski definition) is 4. The summed E-state index contributed by atoms with van der Waals surface area (Å²) in [6.45, 7) is 7.24. The van der Waals surface area contributed by atoms with E-state index in [4.69, 9.17) is 4.74 Å². The number of aromatic hydroxyl groups is 2. The molecule has 5 rings (SSSR count). The molecule has 1 aliphatic heterocycles. The van der Waals surface area contributed by atoms with Gasteiger partial charge in [0.1, 0.15) is 24.3 Å². The maximum absolute atomic E-state index is 14.2. The first kappa shape index (κ1) is 30.6. The molecule has 2 bridgehead atoms. The van der Waals surface area contributed by atoms with Gasteiger partial charge in [-0.1, -0.05) is 46.1 Å². The van der Waals surface area contributed by atoms with E-state index in [1.54, 1.807) is 4.90 Å². The van der Waals surface area contributed by atoms with Crippen LogP contribution in [0, 0.1) is 22.7 Å². The number of nitrogens with one attached hydrogen (secondary N) is 1. The highest BCUT2D eigenvalue weighted by atomic mass is 16.5. The van der Waals surface area contributed by atoms with Crippen LogP contribution in [-0.4, -0.2) is 68.8 Å². The summed E-state index contributed by atoms with van der Waals surface area (Å²) in [6.07, 6.45) is 8.12. The molecule has 0 aromatic heterocycles. The van der Waals surface area contributed by atoms with Crippen LogP contribution in [0.3, 0.4) is 0 Å². The topological polar surface area (TPSA) is 136 Å². The molecule has 4 fully saturated rings. The van der Waals surface area contributed by atoms with Gasteiger partial charge in [-0.3, -0.25) is 9.59 Å². The second kappa shape index (κ2) is 12.1. The van der Waals surface area contributed by atoms with Gasteiger partial charge in [0.15, 0.2) is 11.5 Å². The van der Waals surface area contributed by atoms with Crippen molar-refractivity contribution in [3.8, 4) is 11.5 Å². The molecule has 0 spiro atoms. The summed E-state index contributed by atoms with van der Waals surface area (Å²) in [5, 5.41) is 33.0. The highest BCUT2D eigenvalue weighted by Crippen LogP contribution is 2.66. The number of aliphatic hydroxyl groups is 1. The average Bonchev–Trinajstić information content (AvgIpc) is 3.31. The molecule has 6 unspecified atom stereocenters. The summed E-state index contributed by atoms with van der Waals surface area (Å²) in [6, 6.07) is 2.61. The van der Waals surface area contributed by atoms with Crippen molar-refractivity contribution in [1.82, 2.24) is 10.2 Å². The predicted molar refractivity (Wildman–Crippen MR) is 156 cm³/mol. The standard InChI is InChI=1S/C33H48N2O7/c1-32(2)22-14-15-33(32,3)27(19-22)42-31(41)23-11-7-8-16-35(23)30(40)28(21-9-5-4-6-10-21)34-29(39)26(38)18-20-12-13-24(36)25(37)17-20/h12-13,17,21-23,26-28,36-38H,4-11,14-16,18-19H2,1-3H3,(H,34,39). The molecule has 3 saturated carbocycles. The molecule has 1 heterocycles. The van der Waals surface area contributed by atoms with Crippen LogP contribution in [0.25, 0.3) is 0 Å². The molecule has 6 atom stereocenters. The SMILES string of the molecule is CC1(C)C2CCC1(C)C(OC(=O)C1CCCCN1C(=O)C(NC(=O)C(O)Cc1ccc(O)c(O)c1)C1CCCCC1)C2. The molecule has 9 heteroatoms. The Labute approximate surface area is 249 Å². The monoisotopic (exact) mass is 584 g/mol. The molecular weight excluding hydrogens is 536 g/mol. The van der Waals surface area contributed by atoms with Gasteiger partial charge in [-0.25, -0.2) is 4.79 Å². The van der Waals surface area contributed by atoms with E-state index in [1.165, 1.54) is 18.2 Å². The highest BCUT2D eigenvalue weighted by molar-refractivity contribution is 5.92. The Balaban J connectivity index is 1.30. The Hall–Kier alpha value is -2.81. The van der Waals surface area contributed by atoms with Gasteiger partial charge in [0, 0.05) is 18.4 Å². The summed E-state index contributed by atoms with van der Waals surface area (Å²) in [7, 11) is 0. The summed E-state index contributed by atoms with van der Waals surface area (Å²) in [5.41, 5.74) is 0.514. The number of rotatable bonds is 8. The third-order valence-corrected chi connectivity index (χ3v) is 11.5. The van der Waals surface area contributed by atoms with Crippen LogP contribution in [-0.2, 0) is 25.5 Å². The Morgan fingerprint density at radius 3 is 2.36 bits per heavy atom. The van der Waals surface area contributed by atoms with Gasteiger partial charge in [0.25, 0.3) is 0 Å². The van der Waals surface area contributed by atoms with Gasteiger partial charge in [0.2, 0.25) is 11.8 Å². The van der Waals surface area contributed by atoms with E-state index >= 15 is 0 Å². The minimum Gasteiger partial charge on any atom is -0.504 e. The number of amides is 2. The summed E-state index contributed by atoms with van der Waals surface area (Å²) in [4.78, 5) is 42.8. The number of ether oxygens (including phenoxy) is 1. The van der Waals surface area contributed by atoms with Gasteiger partial charge in [-0.2, -0.15) is 0 Å². The van der Waals surface area contributed by atoms with E-state index in [0.29, 0.717) is 24.4 Å². The zero-order chi connectivity index (χ0) is 30.2. The quantitative estimate of drug-likeness (QED) is 0.266. The van der Waals surface area contributed by atoms with Crippen LogP contribution in [0.4, 0.5) is 0 Å². The largest absolute Gasteiger partial charge is 0.504 e. The molecule has 2 amide bonds. The molecule has 9 nitrogen and oxygen atoms in total. The van der Waals surface area contributed by atoms with Crippen LogP contribution in [0.5, 0.6) is 11.5 Å². The average molecular weight is 585 g/mol. The fourth-order valence-corrected chi connectivity index (χ4v) is 8.26. The van der Waals surface area contributed by atoms with Crippen molar-refractivity contribution in [2.45, 2.75) is 122 Å². The van der Waals surface area contributed by atoms with Crippen molar-refractivity contribution in [3.63, 3.8) is 0 Å². The van der Waals surface area contributed by atoms with Gasteiger partial charge < -0.3 is 30.3 Å². The Bertz CT molecular complexity index is 1180. The molecular formula is C33H48N2O7. The first-order valence-electron chi connectivity index (χ1n) is 15.9. The number of aliphatic hydroxyl groups excluding tert-OH is 1. The molecule has 3 aliphatic carbocycles. The van der Waals surface area contributed by atoms with Gasteiger partial charge in [0.05, 0.1) is 0 Å². The Morgan fingerprint density at radius 2 is 1.71 bits per heavy atom. The molecule has 0 radical (unpaired) electrons. The number of esters is 1. The van der Waals surface area contributed by atoms with Crippen molar-refractivity contribution in [3.05, 3.63) is 23.8 Å². The molecule has 1 aromatic rings. The van der Waals surface area contributed by atoms with Crippen LogP contribution >= 0.6 is 0 Å². The molecule has 1 aromatic carbocycles. The number of likely N-dealkylation sites (tertiary alicyclic amines) is 1. The van der Waals surface area contributed by atoms with Crippen LogP contribution in [0.1, 0.15) is 97.0 Å². The number of carbonyl (C=O) groups excluding carboxylic acids is 3. The van der Waals surface area contributed by atoms with Gasteiger partial charge in [-0.05, 0) is 86.3 Å². The maximum Gasteiger partial charge on any atom is 0.329 e. The van der Waals surface area contributed by atoms with E-state index in [2.05, 4.69) is 26.1 Å². The molecule has 42 heavy (non-hydrogen) atoms. The van der Waals surface area contributed by atoms with E-state index in [9.17, 15) is 29.7 Å². The maximum atomic E-state index is 14.2. The molecule has 232 valence electrons. The van der Waals surface area contributed by atoms with E-state index in [-0.39, 0.29) is 52.6 Å². The van der Waals surface area contributed by atoms with Crippen molar-refractivity contribution >= 4 is 17.8 Å². The van der Waals surface area contributed by atoms with Crippen molar-refractivity contribution in [2.75, 3.05) is 6.54 Å². The number of carbonyl (C=O) groups is 3. The number of piperidine rings is 1. The second-order valence-electron chi connectivity index (χ2n) is 14.0. The number of phenols is 2. The summed E-state index contributed by atoms with van der Waals surface area (Å²) >= 11 is 0. The first-order chi connectivity index (χ1) is 19.9. The third kappa shape index (κ3) is 5.73. The van der Waals surface area contributed by atoms with Crippen molar-refractivity contribution in [2.24, 2.45) is 22.7 Å². The third-order valence-electron chi connectivity index (χ3n) is 11.5.